The van der Waals surface area contributed by atoms with Crippen LogP contribution in [0.4, 0.5) is 4.39 Å². The van der Waals surface area contributed by atoms with Gasteiger partial charge in [0.2, 0.25) is 0 Å². The maximum Gasteiger partial charge on any atom is 0.128 e. The Hall–Kier alpha value is -1.43. The molecule has 21 heavy (non-hydrogen) atoms. The van der Waals surface area contributed by atoms with Crippen molar-refractivity contribution in [2.24, 2.45) is 5.73 Å². The van der Waals surface area contributed by atoms with Crippen LogP contribution in [0.1, 0.15) is 10.4 Å². The van der Waals surface area contributed by atoms with Crippen LogP contribution in [0, 0.1) is 5.82 Å². The number of nitrogens with two attached hydrogens (primary N) is 1. The molecule has 1 aromatic heterocycles. The van der Waals surface area contributed by atoms with Crippen molar-refractivity contribution in [2.75, 3.05) is 0 Å². The van der Waals surface area contributed by atoms with Gasteiger partial charge >= 0.3 is 0 Å². The van der Waals surface area contributed by atoms with Crippen LogP contribution in [-0.2, 0) is 13.2 Å². The van der Waals surface area contributed by atoms with E-state index in [0.29, 0.717) is 23.4 Å². The lowest BCUT2D eigenvalue weighted by molar-refractivity contribution is 0.305. The first kappa shape index (κ1) is 14.5. The number of hydrogen-bond acceptors (Lipinski definition) is 3. The van der Waals surface area contributed by atoms with Crippen LogP contribution in [-0.4, -0.2) is 0 Å². The molecule has 5 heteroatoms. The fourth-order valence-corrected chi connectivity index (χ4v) is 3.77. The highest BCUT2D eigenvalue weighted by Crippen LogP contribution is 2.32. The van der Waals surface area contributed by atoms with Gasteiger partial charge in [-0.1, -0.05) is 34.1 Å². The van der Waals surface area contributed by atoms with Crippen molar-refractivity contribution in [1.82, 2.24) is 0 Å². The van der Waals surface area contributed by atoms with Crippen LogP contribution < -0.4 is 10.5 Å². The number of ether oxygens (including phenoxy) is 1. The molecule has 0 saturated carbocycles. The van der Waals surface area contributed by atoms with Gasteiger partial charge in [0.05, 0.1) is 0 Å². The van der Waals surface area contributed by atoms with E-state index < -0.39 is 0 Å². The zero-order valence-corrected chi connectivity index (χ0v) is 13.5. The standard InChI is InChI=1S/C16H13BrFNOS/c17-10-5-11(18)7-12(6-10)20-9-14-13-3-1-2-4-15(13)21-16(14)8-19/h1-7H,8-9,19H2. The first-order valence-electron chi connectivity index (χ1n) is 6.45. The molecule has 3 rings (SSSR count). The van der Waals surface area contributed by atoms with E-state index in [1.807, 2.05) is 12.1 Å². The molecular weight excluding hydrogens is 353 g/mol. The van der Waals surface area contributed by atoms with Gasteiger partial charge in [0, 0.05) is 32.2 Å². The van der Waals surface area contributed by atoms with Gasteiger partial charge in [-0.05, 0) is 23.6 Å². The molecule has 0 aliphatic rings. The zero-order valence-electron chi connectivity index (χ0n) is 11.1. The largest absolute Gasteiger partial charge is 0.489 e. The molecule has 0 fully saturated rings. The number of fused-ring (bicyclic) bond motifs is 1. The Kier molecular flexibility index (Phi) is 4.24. The third kappa shape index (κ3) is 3.10. The molecule has 0 radical (unpaired) electrons. The van der Waals surface area contributed by atoms with Crippen LogP contribution in [0.25, 0.3) is 10.1 Å². The number of benzene rings is 2. The molecule has 108 valence electrons. The summed E-state index contributed by atoms with van der Waals surface area (Å²) in [4.78, 5) is 1.10. The third-order valence-electron chi connectivity index (χ3n) is 3.19. The van der Waals surface area contributed by atoms with E-state index >= 15 is 0 Å². The average molecular weight is 366 g/mol. The van der Waals surface area contributed by atoms with Gasteiger partial charge in [0.15, 0.2) is 0 Å². The van der Waals surface area contributed by atoms with Crippen LogP contribution in [0.2, 0.25) is 0 Å². The normalized spacial score (nSPS) is 11.0. The molecule has 2 aromatic carbocycles. The van der Waals surface area contributed by atoms with E-state index in [1.165, 1.54) is 16.8 Å². The van der Waals surface area contributed by atoms with E-state index in [0.717, 1.165) is 15.8 Å². The number of halogens is 2. The quantitative estimate of drug-likeness (QED) is 0.717. The Bertz CT molecular complexity index is 767. The molecule has 2 nitrogen and oxygen atoms in total. The molecular formula is C16H13BrFNOS. The Morgan fingerprint density at radius 1 is 1.19 bits per heavy atom. The van der Waals surface area contributed by atoms with E-state index in [1.54, 1.807) is 17.4 Å². The van der Waals surface area contributed by atoms with E-state index in [9.17, 15) is 4.39 Å². The molecule has 0 bridgehead atoms. The van der Waals surface area contributed by atoms with Crippen molar-refractivity contribution < 1.29 is 9.13 Å². The lowest BCUT2D eigenvalue weighted by Crippen LogP contribution is -2.02. The third-order valence-corrected chi connectivity index (χ3v) is 4.88. The minimum Gasteiger partial charge on any atom is -0.489 e. The van der Waals surface area contributed by atoms with Crippen molar-refractivity contribution >= 4 is 37.4 Å². The molecule has 0 unspecified atom stereocenters. The molecule has 2 N–H and O–H groups in total. The molecule has 0 saturated heterocycles. The second kappa shape index (κ2) is 6.13. The highest BCUT2D eigenvalue weighted by molar-refractivity contribution is 9.10. The van der Waals surface area contributed by atoms with Crippen LogP contribution in [0.3, 0.4) is 0 Å². The fourth-order valence-electron chi connectivity index (χ4n) is 2.24. The zero-order chi connectivity index (χ0) is 14.8. The highest BCUT2D eigenvalue weighted by atomic mass is 79.9. The first-order chi connectivity index (χ1) is 10.2. The van der Waals surface area contributed by atoms with Crippen LogP contribution in [0.15, 0.2) is 46.9 Å². The summed E-state index contributed by atoms with van der Waals surface area (Å²) in [5.41, 5.74) is 6.90. The van der Waals surface area contributed by atoms with Crippen molar-refractivity contribution in [1.29, 1.82) is 0 Å². The average Bonchev–Trinajstić information content (AvgIpc) is 2.82. The lowest BCUT2D eigenvalue weighted by Gasteiger charge is -2.08. The molecule has 0 atom stereocenters. The van der Waals surface area contributed by atoms with Gasteiger partial charge < -0.3 is 10.5 Å². The summed E-state index contributed by atoms with van der Waals surface area (Å²) < 4.78 is 21.0. The van der Waals surface area contributed by atoms with Crippen LogP contribution in [0.5, 0.6) is 5.75 Å². The molecule has 1 heterocycles. The molecule has 0 amide bonds. The monoisotopic (exact) mass is 365 g/mol. The molecule has 0 aliphatic carbocycles. The summed E-state index contributed by atoms with van der Waals surface area (Å²) in [7, 11) is 0. The highest BCUT2D eigenvalue weighted by Gasteiger charge is 2.11. The SMILES string of the molecule is NCc1sc2ccccc2c1COc1cc(F)cc(Br)c1. The van der Waals surface area contributed by atoms with Gasteiger partial charge in [-0.25, -0.2) is 4.39 Å². The summed E-state index contributed by atoms with van der Waals surface area (Å²) in [6.45, 7) is 0.858. The maximum atomic E-state index is 13.4. The van der Waals surface area contributed by atoms with Crippen molar-refractivity contribution in [3.05, 3.63) is 63.2 Å². The van der Waals surface area contributed by atoms with Gasteiger partial charge in [0.1, 0.15) is 18.2 Å². The fraction of sp³-hybridized carbons (Fsp3) is 0.125. The minimum atomic E-state index is -0.325. The van der Waals surface area contributed by atoms with Crippen molar-refractivity contribution in [2.45, 2.75) is 13.2 Å². The van der Waals surface area contributed by atoms with Gasteiger partial charge in [-0.3, -0.25) is 0 Å². The van der Waals surface area contributed by atoms with Gasteiger partial charge in [-0.2, -0.15) is 0 Å². The van der Waals surface area contributed by atoms with Crippen molar-refractivity contribution in [3.8, 4) is 5.75 Å². The number of rotatable bonds is 4. The van der Waals surface area contributed by atoms with E-state index in [2.05, 4.69) is 28.1 Å². The van der Waals surface area contributed by atoms with E-state index in [-0.39, 0.29) is 5.82 Å². The summed E-state index contributed by atoms with van der Waals surface area (Å²) in [6, 6.07) is 12.7. The maximum absolute atomic E-state index is 13.4. The predicted octanol–water partition coefficient (Wildman–Crippen LogP) is 4.84. The van der Waals surface area contributed by atoms with Crippen molar-refractivity contribution in [3.63, 3.8) is 0 Å². The second-order valence-corrected chi connectivity index (χ2v) is 6.65. The summed E-state index contributed by atoms with van der Waals surface area (Å²) in [5, 5.41) is 1.15. The first-order valence-corrected chi connectivity index (χ1v) is 8.06. The summed E-state index contributed by atoms with van der Waals surface area (Å²) in [6.07, 6.45) is 0. The van der Waals surface area contributed by atoms with Gasteiger partial charge in [0.25, 0.3) is 0 Å². The number of hydrogen-bond donors (Lipinski definition) is 1. The lowest BCUT2D eigenvalue weighted by atomic mass is 10.1. The summed E-state index contributed by atoms with van der Waals surface area (Å²) in [5.74, 6) is 0.175. The Morgan fingerprint density at radius 2 is 2.00 bits per heavy atom. The Balaban J connectivity index is 1.90. The second-order valence-electron chi connectivity index (χ2n) is 4.60. The molecule has 0 spiro atoms. The Morgan fingerprint density at radius 3 is 2.76 bits per heavy atom. The van der Waals surface area contributed by atoms with E-state index in [4.69, 9.17) is 10.5 Å². The van der Waals surface area contributed by atoms with Crippen LogP contribution >= 0.6 is 27.3 Å². The van der Waals surface area contributed by atoms with Gasteiger partial charge in [-0.15, -0.1) is 11.3 Å². The minimum absolute atomic E-state index is 0.325. The number of thiophene rings is 1. The topological polar surface area (TPSA) is 35.2 Å². The Labute approximate surface area is 134 Å². The molecule has 0 aliphatic heterocycles. The molecule has 3 aromatic rings. The predicted molar refractivity (Wildman–Crippen MR) is 88.1 cm³/mol. The smallest absolute Gasteiger partial charge is 0.128 e. The summed E-state index contributed by atoms with van der Waals surface area (Å²) >= 11 is 4.94.